The van der Waals surface area contributed by atoms with Crippen molar-refractivity contribution < 1.29 is 0 Å². The third-order valence-electron chi connectivity index (χ3n) is 3.06. The quantitative estimate of drug-likeness (QED) is 0.622. The Morgan fingerprint density at radius 3 is 2.28 bits per heavy atom. The Balaban J connectivity index is 2.44. The highest BCUT2D eigenvalue weighted by Crippen LogP contribution is 2.33. The van der Waals surface area contributed by atoms with Crippen LogP contribution in [0.2, 0.25) is 0 Å². The van der Waals surface area contributed by atoms with Crippen LogP contribution in [0.1, 0.15) is 33.2 Å². The predicted molar refractivity (Wildman–Crippen MR) is 82.5 cm³/mol. The lowest BCUT2D eigenvalue weighted by Crippen LogP contribution is -1.97. The first-order valence-electron chi connectivity index (χ1n) is 5.95. The monoisotopic (exact) mass is 322 g/mol. The van der Waals surface area contributed by atoms with Crippen LogP contribution in [0, 0.1) is 20.8 Å². The van der Waals surface area contributed by atoms with Crippen LogP contribution in [0.3, 0.4) is 0 Å². The van der Waals surface area contributed by atoms with Crippen LogP contribution in [-0.4, -0.2) is 0 Å². The van der Waals surface area contributed by atoms with Gasteiger partial charge in [-0.1, -0.05) is 45.8 Å². The van der Waals surface area contributed by atoms with Crippen LogP contribution in [0.5, 0.6) is 0 Å². The van der Waals surface area contributed by atoms with Gasteiger partial charge in [-0.25, -0.2) is 0 Å². The average molecular weight is 324 g/mol. The molecule has 0 saturated heterocycles. The lowest BCUT2D eigenvalue weighted by Gasteiger charge is -2.15. The second kappa shape index (κ2) is 5.46. The number of hydrogen-bond acceptors (Lipinski definition) is 0. The van der Waals surface area contributed by atoms with Gasteiger partial charge < -0.3 is 0 Å². The van der Waals surface area contributed by atoms with Crippen molar-refractivity contribution in [3.63, 3.8) is 0 Å². The topological polar surface area (TPSA) is 0 Å². The van der Waals surface area contributed by atoms with Gasteiger partial charge in [0.15, 0.2) is 0 Å². The summed E-state index contributed by atoms with van der Waals surface area (Å²) < 4.78 is 1.08. The summed E-state index contributed by atoms with van der Waals surface area (Å²) in [6, 6.07) is 12.7. The average Bonchev–Trinajstić information content (AvgIpc) is 2.26. The minimum atomic E-state index is -0.0956. The predicted octanol–water partition coefficient (Wildman–Crippen LogP) is 5.70. The summed E-state index contributed by atoms with van der Waals surface area (Å²) in [7, 11) is 0. The van der Waals surface area contributed by atoms with Crippen molar-refractivity contribution in [3.8, 4) is 0 Å². The van der Waals surface area contributed by atoms with Gasteiger partial charge in [0.05, 0.1) is 5.38 Å². The molecule has 2 heteroatoms. The van der Waals surface area contributed by atoms with E-state index < -0.39 is 0 Å². The Labute approximate surface area is 122 Å². The molecule has 0 spiro atoms. The van der Waals surface area contributed by atoms with E-state index in [1.165, 1.54) is 22.3 Å². The summed E-state index contributed by atoms with van der Waals surface area (Å²) >= 11 is 10.1. The van der Waals surface area contributed by atoms with E-state index in [0.717, 1.165) is 10.0 Å². The fourth-order valence-electron chi connectivity index (χ4n) is 2.20. The smallest absolute Gasteiger partial charge is 0.0838 e. The second-order valence-electron chi connectivity index (χ2n) is 4.78. The van der Waals surface area contributed by atoms with Gasteiger partial charge in [-0.2, -0.15) is 0 Å². The molecule has 0 fully saturated rings. The summed E-state index contributed by atoms with van der Waals surface area (Å²) in [5.41, 5.74) is 6.04. The van der Waals surface area contributed by atoms with E-state index in [1.807, 2.05) is 0 Å². The zero-order valence-electron chi connectivity index (χ0n) is 10.8. The number of hydrogen-bond donors (Lipinski definition) is 0. The first-order valence-corrected chi connectivity index (χ1v) is 7.18. The molecule has 94 valence electrons. The second-order valence-corrected chi connectivity index (χ2v) is 6.14. The molecule has 0 aliphatic heterocycles. The van der Waals surface area contributed by atoms with Crippen LogP contribution in [0.25, 0.3) is 0 Å². The van der Waals surface area contributed by atoms with E-state index in [9.17, 15) is 0 Å². The zero-order valence-corrected chi connectivity index (χ0v) is 13.1. The van der Waals surface area contributed by atoms with E-state index in [0.29, 0.717) is 0 Å². The number of rotatable bonds is 2. The van der Waals surface area contributed by atoms with E-state index in [1.54, 1.807) is 0 Å². The first-order chi connectivity index (χ1) is 8.47. The van der Waals surface area contributed by atoms with Crippen LogP contribution in [0.4, 0.5) is 0 Å². The molecule has 2 aromatic rings. The molecule has 0 N–H and O–H groups in total. The van der Waals surface area contributed by atoms with Crippen molar-refractivity contribution in [1.82, 2.24) is 0 Å². The summed E-state index contributed by atoms with van der Waals surface area (Å²) in [5.74, 6) is 0. The molecule has 2 aromatic carbocycles. The first kappa shape index (κ1) is 13.6. The normalized spacial score (nSPS) is 12.5. The third-order valence-corrected chi connectivity index (χ3v) is 4.00. The van der Waals surface area contributed by atoms with Gasteiger partial charge in [-0.15, -0.1) is 11.6 Å². The Kier molecular flexibility index (Phi) is 4.14. The molecule has 0 amide bonds. The fourth-order valence-corrected chi connectivity index (χ4v) is 3.20. The number of aryl methyl sites for hydroxylation is 3. The van der Waals surface area contributed by atoms with E-state index in [-0.39, 0.29) is 5.38 Å². The Morgan fingerprint density at radius 2 is 1.67 bits per heavy atom. The number of benzene rings is 2. The Bertz CT molecular complexity index is 555. The van der Waals surface area contributed by atoms with Gasteiger partial charge in [-0.3, -0.25) is 0 Å². The highest BCUT2D eigenvalue weighted by Gasteiger charge is 2.14. The molecule has 0 saturated carbocycles. The third kappa shape index (κ3) is 2.96. The number of halogens is 2. The molecule has 0 aliphatic carbocycles. The van der Waals surface area contributed by atoms with Crippen molar-refractivity contribution in [2.75, 3.05) is 0 Å². The highest BCUT2D eigenvalue weighted by atomic mass is 79.9. The lowest BCUT2D eigenvalue weighted by molar-refractivity contribution is 1.10. The molecule has 0 aliphatic rings. The van der Waals surface area contributed by atoms with Gasteiger partial charge in [0.2, 0.25) is 0 Å². The molecule has 0 heterocycles. The van der Waals surface area contributed by atoms with Gasteiger partial charge in [0.1, 0.15) is 0 Å². The van der Waals surface area contributed by atoms with Crippen molar-refractivity contribution in [1.29, 1.82) is 0 Å². The summed E-state index contributed by atoms with van der Waals surface area (Å²) in [5, 5.41) is -0.0956. The van der Waals surface area contributed by atoms with Gasteiger partial charge in [-0.05, 0) is 55.2 Å². The van der Waals surface area contributed by atoms with Crippen LogP contribution < -0.4 is 0 Å². The standard InChI is InChI=1S/C16H16BrCl/c1-10-4-5-15(12(3)6-10)16(18)13-7-11(2)8-14(17)9-13/h4-9,16H,1-3H3. The molecule has 1 unspecified atom stereocenters. The summed E-state index contributed by atoms with van der Waals surface area (Å²) in [4.78, 5) is 0. The van der Waals surface area contributed by atoms with Crippen LogP contribution in [-0.2, 0) is 0 Å². The van der Waals surface area contributed by atoms with Gasteiger partial charge in [0.25, 0.3) is 0 Å². The van der Waals surface area contributed by atoms with Crippen molar-refractivity contribution in [3.05, 3.63) is 68.7 Å². The Morgan fingerprint density at radius 1 is 0.944 bits per heavy atom. The molecule has 1 atom stereocenters. The van der Waals surface area contributed by atoms with Crippen molar-refractivity contribution >= 4 is 27.5 Å². The van der Waals surface area contributed by atoms with Crippen LogP contribution >= 0.6 is 27.5 Å². The van der Waals surface area contributed by atoms with Crippen molar-refractivity contribution in [2.24, 2.45) is 0 Å². The van der Waals surface area contributed by atoms with Crippen molar-refractivity contribution in [2.45, 2.75) is 26.1 Å². The maximum Gasteiger partial charge on any atom is 0.0838 e. The maximum absolute atomic E-state index is 6.61. The van der Waals surface area contributed by atoms with Gasteiger partial charge >= 0.3 is 0 Å². The van der Waals surface area contributed by atoms with E-state index in [4.69, 9.17) is 11.6 Å². The molecule has 2 rings (SSSR count). The molecule has 0 nitrogen and oxygen atoms in total. The molecular weight excluding hydrogens is 308 g/mol. The van der Waals surface area contributed by atoms with E-state index in [2.05, 4.69) is 73.1 Å². The molecule has 0 bridgehead atoms. The number of alkyl halides is 1. The van der Waals surface area contributed by atoms with Crippen LogP contribution in [0.15, 0.2) is 40.9 Å². The molecule has 0 aromatic heterocycles. The zero-order chi connectivity index (χ0) is 13.3. The minimum Gasteiger partial charge on any atom is -0.113 e. The molecule has 18 heavy (non-hydrogen) atoms. The van der Waals surface area contributed by atoms with E-state index >= 15 is 0 Å². The maximum atomic E-state index is 6.61. The highest BCUT2D eigenvalue weighted by molar-refractivity contribution is 9.10. The SMILES string of the molecule is Cc1cc(Br)cc(C(Cl)c2ccc(C)cc2C)c1. The lowest BCUT2D eigenvalue weighted by atomic mass is 9.97. The fraction of sp³-hybridized carbons (Fsp3) is 0.250. The molecular formula is C16H16BrCl. The largest absolute Gasteiger partial charge is 0.113 e. The Hall–Kier alpha value is -0.790. The summed E-state index contributed by atoms with van der Waals surface area (Å²) in [6.07, 6.45) is 0. The molecule has 0 radical (unpaired) electrons. The minimum absolute atomic E-state index is 0.0956. The summed E-state index contributed by atoms with van der Waals surface area (Å²) in [6.45, 7) is 6.30. The van der Waals surface area contributed by atoms with Gasteiger partial charge in [0, 0.05) is 4.47 Å².